The van der Waals surface area contributed by atoms with Gasteiger partial charge in [-0.2, -0.15) is 8.42 Å². The van der Waals surface area contributed by atoms with E-state index in [0.29, 0.717) is 30.1 Å². The highest BCUT2D eigenvalue weighted by Gasteiger charge is 2.32. The van der Waals surface area contributed by atoms with Crippen molar-refractivity contribution in [3.05, 3.63) is 53.6 Å². The molecule has 7 nitrogen and oxygen atoms in total. The van der Waals surface area contributed by atoms with Gasteiger partial charge in [0.15, 0.2) is 0 Å². The van der Waals surface area contributed by atoms with E-state index in [4.69, 9.17) is 4.74 Å². The predicted octanol–water partition coefficient (Wildman–Crippen LogP) is 3.11. The molecule has 0 aliphatic carbocycles. The van der Waals surface area contributed by atoms with Gasteiger partial charge in [-0.05, 0) is 48.7 Å². The summed E-state index contributed by atoms with van der Waals surface area (Å²) in [4.78, 5) is 14.7. The number of fused-ring (bicyclic) bond motifs is 3. The maximum Gasteiger partial charge on any atom is 0.286 e. The minimum absolute atomic E-state index is 0.0975. The molecular formula is C21H23N3O4S. The number of nitrogens with zero attached hydrogens (tertiary/aromatic N) is 2. The highest BCUT2D eigenvalue weighted by Crippen LogP contribution is 2.35. The van der Waals surface area contributed by atoms with E-state index in [0.717, 1.165) is 37.1 Å². The number of carbonyl (C=O) groups is 1. The Morgan fingerprint density at radius 2 is 1.93 bits per heavy atom. The van der Waals surface area contributed by atoms with Crippen molar-refractivity contribution < 1.29 is 17.9 Å². The van der Waals surface area contributed by atoms with Crippen molar-refractivity contribution in [2.45, 2.75) is 37.1 Å². The fourth-order valence-corrected chi connectivity index (χ4v) is 4.93. The van der Waals surface area contributed by atoms with E-state index < -0.39 is 10.0 Å². The molecule has 29 heavy (non-hydrogen) atoms. The van der Waals surface area contributed by atoms with Crippen molar-refractivity contribution in [1.29, 1.82) is 0 Å². The topological polar surface area (TPSA) is 88.1 Å². The summed E-state index contributed by atoms with van der Waals surface area (Å²) in [5, 5.41) is 2.83. The summed E-state index contributed by atoms with van der Waals surface area (Å²) in [6, 6.07) is 12.2. The summed E-state index contributed by atoms with van der Waals surface area (Å²) in [6.45, 7) is 1.07. The number of anilines is 1. The van der Waals surface area contributed by atoms with Crippen LogP contribution in [0.1, 0.15) is 41.6 Å². The molecule has 0 saturated carbocycles. The zero-order chi connectivity index (χ0) is 20.4. The van der Waals surface area contributed by atoms with Crippen LogP contribution >= 0.6 is 0 Å². The molecule has 4 rings (SSSR count). The standard InChI is InChI=1S/C21H23N3O4S/c1-28-17-9-6-15(7-10-17)14-22-21(25)16-8-11-18-19(13-16)29(26,27)23-20-5-3-2-4-12-24(18)20/h6-11,13H,2-5,12,14H2,1H3,(H,22,25). The zero-order valence-corrected chi connectivity index (χ0v) is 17.0. The number of hydrogen-bond donors (Lipinski definition) is 1. The molecule has 0 radical (unpaired) electrons. The van der Waals surface area contributed by atoms with Gasteiger partial charge in [-0.15, -0.1) is 4.40 Å². The van der Waals surface area contributed by atoms with E-state index in [2.05, 4.69) is 9.71 Å². The van der Waals surface area contributed by atoms with Crippen LogP contribution in [0.15, 0.2) is 51.8 Å². The molecule has 0 aromatic heterocycles. The fourth-order valence-electron chi connectivity index (χ4n) is 3.65. The summed E-state index contributed by atoms with van der Waals surface area (Å²) in [7, 11) is -2.21. The SMILES string of the molecule is COc1ccc(CNC(=O)c2ccc3c(c2)S(=O)(=O)N=C2CCCCCN23)cc1. The molecule has 0 spiro atoms. The fraction of sp³-hybridized carbons (Fsp3) is 0.333. The number of ether oxygens (including phenoxy) is 1. The molecule has 1 saturated heterocycles. The smallest absolute Gasteiger partial charge is 0.286 e. The molecule has 1 fully saturated rings. The van der Waals surface area contributed by atoms with Crippen LogP contribution in [0.3, 0.4) is 0 Å². The minimum Gasteiger partial charge on any atom is -0.497 e. The van der Waals surface area contributed by atoms with E-state index in [9.17, 15) is 13.2 Å². The van der Waals surface area contributed by atoms with Crippen molar-refractivity contribution in [2.24, 2.45) is 4.40 Å². The number of methoxy groups -OCH3 is 1. The molecule has 0 bridgehead atoms. The Morgan fingerprint density at radius 3 is 2.69 bits per heavy atom. The Labute approximate surface area is 170 Å². The lowest BCUT2D eigenvalue weighted by atomic mass is 10.1. The van der Waals surface area contributed by atoms with E-state index >= 15 is 0 Å². The largest absolute Gasteiger partial charge is 0.497 e. The van der Waals surface area contributed by atoms with Crippen LogP contribution in [0.25, 0.3) is 0 Å². The molecule has 2 aliphatic heterocycles. The summed E-state index contributed by atoms with van der Waals surface area (Å²) >= 11 is 0. The van der Waals surface area contributed by atoms with E-state index in [-0.39, 0.29) is 10.8 Å². The zero-order valence-electron chi connectivity index (χ0n) is 16.2. The monoisotopic (exact) mass is 413 g/mol. The summed E-state index contributed by atoms with van der Waals surface area (Å²) < 4.78 is 34.5. The van der Waals surface area contributed by atoms with Gasteiger partial charge in [-0.1, -0.05) is 18.6 Å². The number of nitrogens with one attached hydrogen (secondary N) is 1. The van der Waals surface area contributed by atoms with Gasteiger partial charge >= 0.3 is 0 Å². The molecule has 2 aromatic rings. The number of rotatable bonds is 4. The molecular weight excluding hydrogens is 390 g/mol. The van der Waals surface area contributed by atoms with Gasteiger partial charge < -0.3 is 15.0 Å². The van der Waals surface area contributed by atoms with Crippen LogP contribution in [0, 0.1) is 0 Å². The van der Waals surface area contributed by atoms with Gasteiger partial charge in [0.25, 0.3) is 15.9 Å². The molecule has 8 heteroatoms. The van der Waals surface area contributed by atoms with E-state index in [1.807, 2.05) is 29.2 Å². The molecule has 152 valence electrons. The summed E-state index contributed by atoms with van der Waals surface area (Å²) in [5.41, 5.74) is 1.83. The average Bonchev–Trinajstić information content (AvgIpc) is 2.97. The first kappa shape index (κ1) is 19.4. The van der Waals surface area contributed by atoms with Crippen molar-refractivity contribution in [1.82, 2.24) is 5.32 Å². The van der Waals surface area contributed by atoms with Gasteiger partial charge in [0, 0.05) is 25.1 Å². The summed E-state index contributed by atoms with van der Waals surface area (Å²) in [5.74, 6) is 1.02. The van der Waals surface area contributed by atoms with Gasteiger partial charge in [-0.3, -0.25) is 4.79 Å². The Balaban J connectivity index is 1.55. The molecule has 0 unspecified atom stereocenters. The van der Waals surface area contributed by atoms with Crippen LogP contribution in [-0.2, 0) is 16.6 Å². The maximum atomic E-state index is 12.7. The number of amides is 1. The Hall–Kier alpha value is -2.87. The first-order valence-corrected chi connectivity index (χ1v) is 11.1. The van der Waals surface area contributed by atoms with Crippen LogP contribution < -0.4 is 15.0 Å². The maximum absolute atomic E-state index is 12.7. The first-order chi connectivity index (χ1) is 14.0. The normalized spacial score (nSPS) is 17.4. The quantitative estimate of drug-likeness (QED) is 0.832. The van der Waals surface area contributed by atoms with Crippen LogP contribution in [-0.4, -0.2) is 33.8 Å². The van der Waals surface area contributed by atoms with Gasteiger partial charge in [0.1, 0.15) is 16.5 Å². The second kappa shape index (κ2) is 7.87. The number of sulfonamides is 1. The lowest BCUT2D eigenvalue weighted by Crippen LogP contribution is -2.35. The van der Waals surface area contributed by atoms with Gasteiger partial charge in [0.05, 0.1) is 12.8 Å². The molecule has 0 atom stereocenters. The van der Waals surface area contributed by atoms with Crippen LogP contribution in [0.2, 0.25) is 0 Å². The third-order valence-electron chi connectivity index (χ3n) is 5.22. The highest BCUT2D eigenvalue weighted by molar-refractivity contribution is 7.90. The third-order valence-corrected chi connectivity index (χ3v) is 6.56. The number of hydrogen-bond acceptors (Lipinski definition) is 5. The Kier molecular flexibility index (Phi) is 5.27. The van der Waals surface area contributed by atoms with Crippen molar-refractivity contribution in [3.8, 4) is 5.75 Å². The van der Waals surface area contributed by atoms with E-state index in [1.54, 1.807) is 19.2 Å². The number of amidine groups is 1. The molecule has 1 amide bonds. The first-order valence-electron chi connectivity index (χ1n) is 9.64. The number of carbonyl (C=O) groups excluding carboxylic acids is 1. The second-order valence-corrected chi connectivity index (χ2v) is 8.73. The lowest BCUT2D eigenvalue weighted by molar-refractivity contribution is 0.0950. The van der Waals surface area contributed by atoms with E-state index in [1.165, 1.54) is 6.07 Å². The third kappa shape index (κ3) is 3.98. The van der Waals surface area contributed by atoms with Crippen molar-refractivity contribution in [3.63, 3.8) is 0 Å². The van der Waals surface area contributed by atoms with Crippen LogP contribution in [0.4, 0.5) is 5.69 Å². The average molecular weight is 413 g/mol. The van der Waals surface area contributed by atoms with Gasteiger partial charge in [0.2, 0.25) is 0 Å². The van der Waals surface area contributed by atoms with Crippen LogP contribution in [0.5, 0.6) is 5.75 Å². The van der Waals surface area contributed by atoms with Crippen molar-refractivity contribution >= 4 is 27.5 Å². The molecule has 1 N–H and O–H groups in total. The molecule has 2 heterocycles. The lowest BCUT2D eigenvalue weighted by Gasteiger charge is -2.29. The molecule has 2 aromatic carbocycles. The highest BCUT2D eigenvalue weighted by atomic mass is 32.2. The van der Waals surface area contributed by atoms with Crippen molar-refractivity contribution in [2.75, 3.05) is 18.6 Å². The predicted molar refractivity (Wildman–Crippen MR) is 111 cm³/mol. The molecule has 2 aliphatic rings. The van der Waals surface area contributed by atoms with Gasteiger partial charge in [-0.25, -0.2) is 0 Å². The Bertz CT molecular complexity index is 1060. The number of benzene rings is 2. The Morgan fingerprint density at radius 1 is 1.14 bits per heavy atom. The second-order valence-electron chi connectivity index (χ2n) is 7.16. The minimum atomic E-state index is -3.81. The summed E-state index contributed by atoms with van der Waals surface area (Å²) in [6.07, 6.45) is 3.63.